The third-order valence-electron chi connectivity index (χ3n) is 4.09. The second kappa shape index (κ2) is 7.53. The summed E-state index contributed by atoms with van der Waals surface area (Å²) in [6, 6.07) is 13.7. The normalized spacial score (nSPS) is 17.4. The number of hydrogen-bond acceptors (Lipinski definition) is 3. The zero-order valence-electron chi connectivity index (χ0n) is 12.9. The van der Waals surface area contributed by atoms with Crippen molar-refractivity contribution in [2.45, 2.75) is 13.0 Å². The molecule has 1 saturated heterocycles. The highest BCUT2D eigenvalue weighted by Crippen LogP contribution is 2.19. The minimum absolute atomic E-state index is 0.0115. The Morgan fingerprint density at radius 1 is 1.26 bits per heavy atom. The van der Waals surface area contributed by atoms with E-state index in [2.05, 4.69) is 17.1 Å². The van der Waals surface area contributed by atoms with Crippen molar-refractivity contribution in [3.8, 4) is 0 Å². The SMILES string of the molecule is O=C(c1ccc[nH]c1=S)N1CCC(COCc2ccccc2)C1. The fourth-order valence-electron chi connectivity index (χ4n) is 2.83. The number of nitrogens with zero attached hydrogens (tertiary/aromatic N) is 1. The Bertz CT molecular complexity index is 714. The maximum atomic E-state index is 12.5. The molecular weight excluding hydrogens is 308 g/mol. The summed E-state index contributed by atoms with van der Waals surface area (Å²) in [5.41, 5.74) is 1.75. The third-order valence-corrected chi connectivity index (χ3v) is 4.42. The number of amides is 1. The zero-order valence-corrected chi connectivity index (χ0v) is 13.7. The Balaban J connectivity index is 1.50. The molecule has 1 amide bonds. The fraction of sp³-hybridized carbons (Fsp3) is 0.333. The molecule has 0 bridgehead atoms. The smallest absolute Gasteiger partial charge is 0.256 e. The monoisotopic (exact) mass is 328 g/mol. The van der Waals surface area contributed by atoms with Gasteiger partial charge in [0.2, 0.25) is 0 Å². The van der Waals surface area contributed by atoms with Crippen LogP contribution in [-0.2, 0) is 11.3 Å². The van der Waals surface area contributed by atoms with Gasteiger partial charge in [0.05, 0.1) is 18.8 Å². The highest BCUT2D eigenvalue weighted by atomic mass is 32.1. The highest BCUT2D eigenvalue weighted by molar-refractivity contribution is 7.71. The van der Waals surface area contributed by atoms with Gasteiger partial charge in [-0.25, -0.2) is 0 Å². The number of rotatable bonds is 5. The topological polar surface area (TPSA) is 45.3 Å². The number of benzene rings is 1. The van der Waals surface area contributed by atoms with Gasteiger partial charge in [-0.2, -0.15) is 0 Å². The van der Waals surface area contributed by atoms with Gasteiger partial charge >= 0.3 is 0 Å². The van der Waals surface area contributed by atoms with Gasteiger partial charge in [0, 0.05) is 25.2 Å². The molecular formula is C18H20N2O2S. The van der Waals surface area contributed by atoms with E-state index in [-0.39, 0.29) is 5.91 Å². The predicted octanol–water partition coefficient (Wildman–Crippen LogP) is 3.42. The quantitative estimate of drug-likeness (QED) is 0.856. The van der Waals surface area contributed by atoms with Crippen molar-refractivity contribution in [2.24, 2.45) is 5.92 Å². The molecule has 120 valence electrons. The van der Waals surface area contributed by atoms with E-state index < -0.39 is 0 Å². The summed E-state index contributed by atoms with van der Waals surface area (Å²) >= 11 is 5.19. The van der Waals surface area contributed by atoms with Crippen molar-refractivity contribution >= 4 is 18.1 Å². The van der Waals surface area contributed by atoms with E-state index in [1.54, 1.807) is 18.3 Å². The molecule has 23 heavy (non-hydrogen) atoms. The van der Waals surface area contributed by atoms with Gasteiger partial charge in [0.25, 0.3) is 5.91 Å². The van der Waals surface area contributed by atoms with Gasteiger partial charge < -0.3 is 14.6 Å². The summed E-state index contributed by atoms with van der Waals surface area (Å²) in [6.07, 6.45) is 2.72. The number of pyridine rings is 1. The summed E-state index contributed by atoms with van der Waals surface area (Å²) in [7, 11) is 0. The first-order valence-corrected chi connectivity index (χ1v) is 8.23. The maximum absolute atomic E-state index is 12.5. The number of ether oxygens (including phenoxy) is 1. The van der Waals surface area contributed by atoms with Crippen LogP contribution in [0.5, 0.6) is 0 Å². The fourth-order valence-corrected chi connectivity index (χ4v) is 3.05. The predicted molar refractivity (Wildman–Crippen MR) is 91.7 cm³/mol. The van der Waals surface area contributed by atoms with E-state index in [9.17, 15) is 4.79 Å². The van der Waals surface area contributed by atoms with Crippen molar-refractivity contribution in [1.29, 1.82) is 0 Å². The lowest BCUT2D eigenvalue weighted by Crippen LogP contribution is -2.29. The largest absolute Gasteiger partial charge is 0.376 e. The first-order valence-electron chi connectivity index (χ1n) is 7.82. The summed E-state index contributed by atoms with van der Waals surface area (Å²) in [4.78, 5) is 17.3. The maximum Gasteiger partial charge on any atom is 0.256 e. The average molecular weight is 328 g/mol. The number of H-pyrrole nitrogens is 1. The van der Waals surface area contributed by atoms with Crippen LogP contribution in [0.25, 0.3) is 0 Å². The molecule has 3 rings (SSSR count). The average Bonchev–Trinajstić information content (AvgIpc) is 3.05. The van der Waals surface area contributed by atoms with Crippen molar-refractivity contribution in [1.82, 2.24) is 9.88 Å². The molecule has 1 aromatic heterocycles. The number of carbonyl (C=O) groups excluding carboxylic acids is 1. The number of nitrogens with one attached hydrogen (secondary N) is 1. The molecule has 0 saturated carbocycles. The van der Waals surface area contributed by atoms with E-state index in [0.717, 1.165) is 19.5 Å². The minimum atomic E-state index is 0.0115. The Kier molecular flexibility index (Phi) is 5.20. The molecule has 1 aliphatic rings. The van der Waals surface area contributed by atoms with Gasteiger partial charge in [0.15, 0.2) is 0 Å². The van der Waals surface area contributed by atoms with Crippen LogP contribution in [0.4, 0.5) is 0 Å². The van der Waals surface area contributed by atoms with Crippen LogP contribution in [0, 0.1) is 10.6 Å². The van der Waals surface area contributed by atoms with Crippen molar-refractivity contribution in [2.75, 3.05) is 19.7 Å². The molecule has 5 heteroatoms. The van der Waals surface area contributed by atoms with Crippen molar-refractivity contribution in [3.63, 3.8) is 0 Å². The number of aromatic nitrogens is 1. The number of hydrogen-bond donors (Lipinski definition) is 1. The summed E-state index contributed by atoms with van der Waals surface area (Å²) in [6.45, 7) is 2.80. The molecule has 1 N–H and O–H groups in total. The van der Waals surface area contributed by atoms with E-state index in [1.165, 1.54) is 5.56 Å². The van der Waals surface area contributed by atoms with E-state index >= 15 is 0 Å². The molecule has 2 heterocycles. The summed E-state index contributed by atoms with van der Waals surface area (Å²) in [5, 5.41) is 0. The van der Waals surface area contributed by atoms with Crippen molar-refractivity contribution in [3.05, 3.63) is 64.4 Å². The van der Waals surface area contributed by atoms with Crippen LogP contribution in [0.15, 0.2) is 48.7 Å². The van der Waals surface area contributed by atoms with Crippen molar-refractivity contribution < 1.29 is 9.53 Å². The van der Waals surface area contributed by atoms with Gasteiger partial charge in [-0.05, 0) is 24.1 Å². The van der Waals surface area contributed by atoms with Gasteiger partial charge in [-0.1, -0.05) is 42.5 Å². The molecule has 1 unspecified atom stereocenters. The molecule has 2 aromatic rings. The van der Waals surface area contributed by atoms with Crippen LogP contribution in [0.1, 0.15) is 22.3 Å². The van der Waals surface area contributed by atoms with Crippen LogP contribution in [0.3, 0.4) is 0 Å². The lowest BCUT2D eigenvalue weighted by atomic mass is 10.1. The van der Waals surface area contributed by atoms with Crippen LogP contribution in [-0.4, -0.2) is 35.5 Å². The molecule has 1 aromatic carbocycles. The first kappa shape index (κ1) is 15.9. The number of carbonyl (C=O) groups is 1. The molecule has 1 fully saturated rings. The lowest BCUT2D eigenvalue weighted by molar-refractivity contribution is 0.0732. The lowest BCUT2D eigenvalue weighted by Gasteiger charge is -2.16. The number of likely N-dealkylation sites (tertiary alicyclic amines) is 1. The second-order valence-electron chi connectivity index (χ2n) is 5.82. The van der Waals surface area contributed by atoms with Gasteiger partial charge in [0.1, 0.15) is 4.64 Å². The van der Waals surface area contributed by atoms with Gasteiger partial charge in [-0.3, -0.25) is 4.79 Å². The van der Waals surface area contributed by atoms with E-state index in [1.807, 2.05) is 23.1 Å². The molecule has 0 aliphatic carbocycles. The van der Waals surface area contributed by atoms with Crippen LogP contribution >= 0.6 is 12.2 Å². The summed E-state index contributed by atoms with van der Waals surface area (Å²) in [5.74, 6) is 0.404. The highest BCUT2D eigenvalue weighted by Gasteiger charge is 2.27. The molecule has 1 atom stereocenters. The third kappa shape index (κ3) is 4.06. The molecule has 0 radical (unpaired) electrons. The van der Waals surface area contributed by atoms with E-state index in [4.69, 9.17) is 17.0 Å². The minimum Gasteiger partial charge on any atom is -0.376 e. The zero-order chi connectivity index (χ0) is 16.1. The van der Waals surface area contributed by atoms with Crippen LogP contribution < -0.4 is 0 Å². The standard InChI is InChI=1S/C18H20N2O2S/c21-18(16-7-4-9-19-17(16)23)20-10-8-15(11-20)13-22-12-14-5-2-1-3-6-14/h1-7,9,15H,8,10-13H2,(H,19,23). The molecule has 4 nitrogen and oxygen atoms in total. The van der Waals surface area contributed by atoms with Crippen LogP contribution in [0.2, 0.25) is 0 Å². The van der Waals surface area contributed by atoms with Gasteiger partial charge in [-0.15, -0.1) is 0 Å². The number of aromatic amines is 1. The molecule has 0 spiro atoms. The Morgan fingerprint density at radius 2 is 2.09 bits per heavy atom. The Morgan fingerprint density at radius 3 is 2.87 bits per heavy atom. The Labute approximate surface area is 141 Å². The second-order valence-corrected chi connectivity index (χ2v) is 6.23. The molecule has 1 aliphatic heterocycles. The Hall–Kier alpha value is -1.98. The summed E-state index contributed by atoms with van der Waals surface area (Å²) < 4.78 is 6.30. The first-order chi connectivity index (χ1) is 11.2. The van der Waals surface area contributed by atoms with E-state index in [0.29, 0.717) is 29.3 Å².